The molecule has 0 aliphatic carbocycles. The summed E-state index contributed by atoms with van der Waals surface area (Å²) in [6.45, 7) is 0. The first kappa shape index (κ1) is 12.2. The smallest absolute Gasteiger partial charge is 0.439 e. The molecule has 1 amide bonds. The number of hydrogen-bond acceptors (Lipinski definition) is 2. The summed E-state index contributed by atoms with van der Waals surface area (Å²) in [5.74, 6) is 0. The second kappa shape index (κ2) is 4.76. The van der Waals surface area contributed by atoms with Gasteiger partial charge >= 0.3 is 6.09 Å². The average Bonchev–Trinajstić information content (AvgIpc) is 2.16. The fourth-order valence-corrected chi connectivity index (χ4v) is 2.45. The Kier molecular flexibility index (Phi) is 3.87. The molecule has 1 atom stereocenters. The highest BCUT2D eigenvalue weighted by Crippen LogP contribution is 2.14. The Bertz CT molecular complexity index is 475. The van der Waals surface area contributed by atoms with Gasteiger partial charge in [-0.25, -0.2) is 9.00 Å². The van der Waals surface area contributed by atoms with E-state index >= 15 is 0 Å². The number of hydrogen-bond donors (Lipinski definition) is 1. The molecule has 1 aromatic carbocycles. The molecule has 15 heavy (non-hydrogen) atoms. The normalized spacial score (nSPS) is 14.3. The summed E-state index contributed by atoms with van der Waals surface area (Å²) in [6.07, 6.45) is -0.100. The molecule has 82 valence electrons. The van der Waals surface area contributed by atoms with Crippen molar-refractivity contribution in [1.82, 2.24) is 0 Å². The van der Waals surface area contributed by atoms with Gasteiger partial charge in [0.15, 0.2) is 0 Å². The molecule has 0 bridgehead atoms. The second-order valence-electron chi connectivity index (χ2n) is 2.95. The van der Waals surface area contributed by atoms with Crippen molar-refractivity contribution >= 4 is 31.8 Å². The fraction of sp³-hybridized carbons (Fsp3) is 0.222. The lowest BCUT2D eigenvalue weighted by molar-refractivity contribution is 0.206. The van der Waals surface area contributed by atoms with E-state index in [1.165, 1.54) is 6.26 Å². The molecule has 0 aliphatic rings. The van der Waals surface area contributed by atoms with Gasteiger partial charge in [0.25, 0.3) is 0 Å². The first-order chi connectivity index (χ1) is 6.95. The molecule has 0 saturated heterocycles. The van der Waals surface area contributed by atoms with Crippen LogP contribution in [-0.4, -0.2) is 21.7 Å². The molecular weight excluding hydrogens is 282 g/mol. The number of rotatable bonds is 2. The van der Waals surface area contributed by atoms with Gasteiger partial charge in [0.1, 0.15) is 0 Å². The van der Waals surface area contributed by atoms with Gasteiger partial charge in [0.2, 0.25) is 0 Å². The molecule has 1 rings (SSSR count). The lowest BCUT2D eigenvalue weighted by Gasteiger charge is -2.03. The summed E-state index contributed by atoms with van der Waals surface area (Å²) in [7, 11) is -2.82. The molecule has 1 aromatic rings. The minimum atomic E-state index is -2.82. The van der Waals surface area contributed by atoms with E-state index in [4.69, 9.17) is 5.11 Å². The number of amides is 1. The first-order valence-electron chi connectivity index (χ1n) is 4.06. The van der Waals surface area contributed by atoms with Crippen molar-refractivity contribution in [3.63, 3.8) is 0 Å². The minimum absolute atomic E-state index is 0.426. The maximum atomic E-state index is 11.8. The van der Waals surface area contributed by atoms with E-state index in [0.29, 0.717) is 10.2 Å². The first-order valence-corrected chi connectivity index (χ1v) is 7.10. The zero-order valence-electron chi connectivity index (χ0n) is 8.01. The Morgan fingerprint density at radius 1 is 1.47 bits per heavy atom. The predicted molar refractivity (Wildman–Crippen MR) is 61.9 cm³/mol. The standard InChI is InChI=1S/C9H10BrNO3S/c1-15(14,11-9(12)13)8-4-2-7(6-10)3-5-8/h2-5H,6H2,1H3,(H,12,13). The van der Waals surface area contributed by atoms with E-state index in [1.54, 1.807) is 24.3 Å². The highest BCUT2D eigenvalue weighted by molar-refractivity contribution is 9.08. The largest absolute Gasteiger partial charge is 0.463 e. The number of halogens is 1. The molecule has 1 unspecified atom stereocenters. The van der Waals surface area contributed by atoms with E-state index in [0.717, 1.165) is 5.56 Å². The third-order valence-corrected chi connectivity index (χ3v) is 4.07. The summed E-state index contributed by atoms with van der Waals surface area (Å²) < 4.78 is 15.0. The summed E-state index contributed by atoms with van der Waals surface area (Å²) in [5.41, 5.74) is 1.03. The van der Waals surface area contributed by atoms with E-state index in [1.807, 2.05) is 0 Å². The van der Waals surface area contributed by atoms with Crippen molar-refractivity contribution in [3.05, 3.63) is 29.8 Å². The second-order valence-corrected chi connectivity index (χ2v) is 5.77. The molecule has 1 N–H and O–H groups in total. The molecule has 0 spiro atoms. The van der Waals surface area contributed by atoms with Crippen LogP contribution in [0.2, 0.25) is 0 Å². The van der Waals surface area contributed by atoms with Crippen molar-refractivity contribution in [2.24, 2.45) is 4.36 Å². The van der Waals surface area contributed by atoms with E-state index in [-0.39, 0.29) is 0 Å². The van der Waals surface area contributed by atoms with Crippen LogP contribution in [0, 0.1) is 0 Å². The van der Waals surface area contributed by atoms with Gasteiger partial charge < -0.3 is 5.11 Å². The van der Waals surface area contributed by atoms with Crippen LogP contribution in [-0.2, 0) is 15.1 Å². The van der Waals surface area contributed by atoms with Crippen LogP contribution >= 0.6 is 15.9 Å². The molecular formula is C9H10BrNO3S. The van der Waals surface area contributed by atoms with Crippen molar-refractivity contribution in [3.8, 4) is 0 Å². The number of carboxylic acid groups (broad SMARTS) is 1. The van der Waals surface area contributed by atoms with Crippen molar-refractivity contribution in [2.45, 2.75) is 10.2 Å². The predicted octanol–water partition coefficient (Wildman–Crippen LogP) is 2.72. The average molecular weight is 292 g/mol. The van der Waals surface area contributed by atoms with Gasteiger partial charge in [-0.2, -0.15) is 0 Å². The maximum absolute atomic E-state index is 11.8. The van der Waals surface area contributed by atoms with Crippen LogP contribution in [0.15, 0.2) is 33.5 Å². The Balaban J connectivity index is 3.17. The van der Waals surface area contributed by atoms with Gasteiger partial charge in [-0.3, -0.25) is 0 Å². The lowest BCUT2D eigenvalue weighted by Crippen LogP contribution is -2.01. The van der Waals surface area contributed by atoms with Crippen molar-refractivity contribution in [2.75, 3.05) is 6.26 Å². The van der Waals surface area contributed by atoms with Gasteiger partial charge in [-0.05, 0) is 17.7 Å². The maximum Gasteiger partial charge on any atom is 0.439 e. The Morgan fingerprint density at radius 3 is 2.40 bits per heavy atom. The fourth-order valence-electron chi connectivity index (χ4n) is 1.03. The molecule has 0 aromatic heterocycles. The van der Waals surface area contributed by atoms with Gasteiger partial charge in [-0.1, -0.05) is 28.1 Å². The summed E-state index contributed by atoms with van der Waals surface area (Å²) in [5, 5.41) is 9.16. The molecule has 0 radical (unpaired) electrons. The highest BCUT2D eigenvalue weighted by atomic mass is 79.9. The van der Waals surface area contributed by atoms with Crippen LogP contribution in [0.4, 0.5) is 4.79 Å². The monoisotopic (exact) mass is 291 g/mol. The van der Waals surface area contributed by atoms with Crippen LogP contribution in [0.3, 0.4) is 0 Å². The van der Waals surface area contributed by atoms with E-state index in [2.05, 4.69) is 20.3 Å². The lowest BCUT2D eigenvalue weighted by atomic mass is 10.2. The summed E-state index contributed by atoms with van der Waals surface area (Å²) in [4.78, 5) is 10.8. The van der Waals surface area contributed by atoms with E-state index < -0.39 is 15.8 Å². The van der Waals surface area contributed by atoms with Crippen LogP contribution in [0.5, 0.6) is 0 Å². The number of benzene rings is 1. The highest BCUT2D eigenvalue weighted by Gasteiger charge is 2.07. The Labute approximate surface area is 96.6 Å². The van der Waals surface area contributed by atoms with Crippen molar-refractivity contribution in [1.29, 1.82) is 0 Å². The van der Waals surface area contributed by atoms with Crippen molar-refractivity contribution < 1.29 is 14.1 Å². The Morgan fingerprint density at radius 2 is 2.00 bits per heavy atom. The minimum Gasteiger partial charge on any atom is -0.463 e. The topological polar surface area (TPSA) is 66.7 Å². The van der Waals surface area contributed by atoms with Crippen LogP contribution in [0.1, 0.15) is 5.56 Å². The molecule has 6 heteroatoms. The van der Waals surface area contributed by atoms with Gasteiger partial charge in [0, 0.05) is 16.5 Å². The van der Waals surface area contributed by atoms with Gasteiger partial charge in [-0.15, -0.1) is 4.36 Å². The molecule has 4 nitrogen and oxygen atoms in total. The molecule has 0 fully saturated rings. The third kappa shape index (κ3) is 3.32. The zero-order valence-corrected chi connectivity index (χ0v) is 10.4. The van der Waals surface area contributed by atoms with E-state index in [9.17, 15) is 9.00 Å². The van der Waals surface area contributed by atoms with Crippen LogP contribution in [0.25, 0.3) is 0 Å². The summed E-state index contributed by atoms with van der Waals surface area (Å²) in [6, 6.07) is 6.83. The number of carbonyl (C=O) groups is 1. The third-order valence-electron chi connectivity index (χ3n) is 1.77. The summed E-state index contributed by atoms with van der Waals surface area (Å²) >= 11 is 3.28. The quantitative estimate of drug-likeness (QED) is 0.852. The van der Waals surface area contributed by atoms with Gasteiger partial charge in [0.05, 0.1) is 9.73 Å². The Hall–Kier alpha value is -0.880. The molecule has 0 heterocycles. The number of alkyl halides is 1. The molecule has 0 saturated carbocycles. The zero-order chi connectivity index (χ0) is 11.5. The molecule has 0 aliphatic heterocycles. The number of nitrogens with zero attached hydrogens (tertiary/aromatic N) is 1. The van der Waals surface area contributed by atoms with Crippen LogP contribution < -0.4 is 0 Å². The SMILES string of the molecule is CS(=O)(=NC(=O)O)c1ccc(CBr)cc1.